The maximum absolute atomic E-state index is 12.9. The second-order valence-corrected chi connectivity index (χ2v) is 9.47. The molecule has 1 aromatic carbocycles. The Morgan fingerprint density at radius 2 is 1.88 bits per heavy atom. The number of carbonyl (C=O) groups excluding carboxylic acids is 1. The van der Waals surface area contributed by atoms with Crippen molar-refractivity contribution in [3.05, 3.63) is 28.2 Å². The van der Waals surface area contributed by atoms with Crippen LogP contribution in [-0.4, -0.2) is 62.4 Å². The monoisotopic (exact) mass is 420 g/mol. The van der Waals surface area contributed by atoms with Gasteiger partial charge in [0.2, 0.25) is 15.9 Å². The third-order valence-electron chi connectivity index (χ3n) is 4.87. The molecule has 2 fully saturated rings. The van der Waals surface area contributed by atoms with Crippen molar-refractivity contribution in [1.82, 2.24) is 9.21 Å². The molecule has 3 rings (SSSR count). The number of hydrogen-bond acceptors (Lipinski definition) is 4. The van der Waals surface area contributed by atoms with E-state index >= 15 is 0 Å². The van der Waals surface area contributed by atoms with Crippen molar-refractivity contribution < 1.29 is 17.9 Å². The molecule has 0 bridgehead atoms. The third-order valence-corrected chi connectivity index (χ3v) is 7.48. The topological polar surface area (TPSA) is 66.9 Å². The minimum Gasteiger partial charge on any atom is -0.375 e. The quantitative estimate of drug-likeness (QED) is 0.753. The van der Waals surface area contributed by atoms with Gasteiger partial charge >= 0.3 is 0 Å². The fraction of sp³-hybridized carbons (Fsp3) is 0.588. The summed E-state index contributed by atoms with van der Waals surface area (Å²) in [6.07, 6.45) is 1.04. The van der Waals surface area contributed by atoms with E-state index < -0.39 is 10.0 Å². The van der Waals surface area contributed by atoms with Gasteiger partial charge in [-0.1, -0.05) is 23.2 Å². The highest BCUT2D eigenvalue weighted by Gasteiger charge is 2.35. The van der Waals surface area contributed by atoms with Crippen molar-refractivity contribution in [1.29, 1.82) is 0 Å². The lowest BCUT2D eigenvalue weighted by Crippen LogP contribution is -2.49. The van der Waals surface area contributed by atoms with Crippen LogP contribution in [-0.2, 0) is 19.6 Å². The number of halogens is 2. The van der Waals surface area contributed by atoms with Crippen molar-refractivity contribution in [3.63, 3.8) is 0 Å². The second kappa shape index (κ2) is 8.02. The average molecular weight is 421 g/mol. The molecule has 2 aliphatic heterocycles. The van der Waals surface area contributed by atoms with Crippen LogP contribution in [0, 0.1) is 5.92 Å². The van der Waals surface area contributed by atoms with E-state index in [0.717, 1.165) is 0 Å². The first-order valence-electron chi connectivity index (χ1n) is 8.64. The number of amides is 1. The summed E-state index contributed by atoms with van der Waals surface area (Å²) in [6, 6.07) is 4.40. The Labute approximate surface area is 164 Å². The van der Waals surface area contributed by atoms with Crippen LogP contribution in [0.15, 0.2) is 23.1 Å². The van der Waals surface area contributed by atoms with E-state index in [0.29, 0.717) is 50.7 Å². The molecule has 1 amide bonds. The van der Waals surface area contributed by atoms with E-state index in [1.165, 1.54) is 16.4 Å². The summed E-state index contributed by atoms with van der Waals surface area (Å²) < 4.78 is 32.6. The number of piperidine rings is 1. The smallest absolute Gasteiger partial charge is 0.244 e. The first-order chi connectivity index (χ1) is 12.3. The van der Waals surface area contributed by atoms with E-state index in [-0.39, 0.29) is 27.8 Å². The largest absolute Gasteiger partial charge is 0.375 e. The molecule has 0 saturated carbocycles. The minimum absolute atomic E-state index is 0.0125. The predicted octanol–water partition coefficient (Wildman–Crippen LogP) is 2.64. The zero-order valence-corrected chi connectivity index (χ0v) is 16.9. The summed E-state index contributed by atoms with van der Waals surface area (Å²) in [5.74, 6) is -0.0560. The molecule has 9 heteroatoms. The van der Waals surface area contributed by atoms with Crippen molar-refractivity contribution in [2.24, 2.45) is 5.92 Å². The zero-order valence-electron chi connectivity index (χ0n) is 14.5. The molecular weight excluding hydrogens is 399 g/mol. The lowest BCUT2D eigenvalue weighted by Gasteiger charge is -2.36. The Balaban J connectivity index is 1.66. The maximum Gasteiger partial charge on any atom is 0.244 e. The van der Waals surface area contributed by atoms with Crippen molar-refractivity contribution >= 4 is 39.1 Å². The van der Waals surface area contributed by atoms with E-state index in [9.17, 15) is 13.2 Å². The highest BCUT2D eigenvalue weighted by molar-refractivity contribution is 7.89. The summed E-state index contributed by atoms with van der Waals surface area (Å²) in [4.78, 5) is 14.5. The van der Waals surface area contributed by atoms with E-state index in [1.54, 1.807) is 6.07 Å². The molecule has 2 heterocycles. The third kappa shape index (κ3) is 4.17. The Morgan fingerprint density at radius 3 is 2.54 bits per heavy atom. The van der Waals surface area contributed by atoms with Crippen LogP contribution >= 0.6 is 23.2 Å². The van der Waals surface area contributed by atoms with Gasteiger partial charge in [-0.05, 0) is 38.0 Å². The van der Waals surface area contributed by atoms with E-state index in [1.807, 2.05) is 11.8 Å². The van der Waals surface area contributed by atoms with Gasteiger partial charge in [-0.25, -0.2) is 8.42 Å². The predicted molar refractivity (Wildman–Crippen MR) is 99.9 cm³/mol. The molecule has 0 radical (unpaired) electrons. The van der Waals surface area contributed by atoms with Crippen LogP contribution < -0.4 is 0 Å². The number of nitrogens with zero attached hydrogens (tertiary/aromatic N) is 2. The molecule has 2 aliphatic rings. The van der Waals surface area contributed by atoms with E-state index in [4.69, 9.17) is 27.9 Å². The van der Waals surface area contributed by atoms with Crippen LogP contribution in [0.1, 0.15) is 19.8 Å². The zero-order chi connectivity index (χ0) is 18.9. The van der Waals surface area contributed by atoms with Gasteiger partial charge in [0, 0.05) is 37.1 Å². The van der Waals surface area contributed by atoms with Gasteiger partial charge in [-0.15, -0.1) is 0 Å². The molecule has 0 N–H and O–H groups in total. The van der Waals surface area contributed by atoms with Crippen molar-refractivity contribution in [2.45, 2.75) is 30.8 Å². The summed E-state index contributed by atoms with van der Waals surface area (Å²) >= 11 is 12.0. The Kier molecular flexibility index (Phi) is 6.14. The molecule has 1 atom stereocenters. The van der Waals surface area contributed by atoms with E-state index in [2.05, 4.69) is 0 Å². The first-order valence-corrected chi connectivity index (χ1v) is 10.8. The molecule has 6 nitrogen and oxygen atoms in total. The van der Waals surface area contributed by atoms with Gasteiger partial charge in [0.05, 0.1) is 17.7 Å². The van der Waals surface area contributed by atoms with Gasteiger partial charge in [0.15, 0.2) is 0 Å². The van der Waals surface area contributed by atoms with Gasteiger partial charge in [0.25, 0.3) is 0 Å². The van der Waals surface area contributed by atoms with Gasteiger partial charge < -0.3 is 9.64 Å². The normalized spacial score (nSPS) is 23.2. The maximum atomic E-state index is 12.9. The standard InChI is InChI=1S/C17H22Cl2N2O4S/c1-12-11-20(8-9-25-12)17(22)13-4-6-21(7-5-13)26(23,24)16-10-14(18)2-3-15(16)19/h2-3,10,12-13H,4-9,11H2,1H3. The van der Waals surface area contributed by atoms with Crippen LogP contribution in [0.5, 0.6) is 0 Å². The Hall–Kier alpha value is -0.860. The molecule has 0 spiro atoms. The Morgan fingerprint density at radius 1 is 1.19 bits per heavy atom. The van der Waals surface area contributed by atoms with Crippen LogP contribution in [0.2, 0.25) is 10.0 Å². The molecule has 144 valence electrons. The highest BCUT2D eigenvalue weighted by Crippen LogP contribution is 2.31. The first kappa shape index (κ1) is 19.9. The number of sulfonamides is 1. The number of ether oxygens (including phenoxy) is 1. The fourth-order valence-electron chi connectivity index (χ4n) is 3.43. The van der Waals surface area contributed by atoms with Crippen LogP contribution in [0.3, 0.4) is 0 Å². The number of morpholine rings is 1. The molecule has 1 aromatic rings. The van der Waals surface area contributed by atoms with Gasteiger partial charge in [-0.2, -0.15) is 4.31 Å². The number of hydrogen-bond donors (Lipinski definition) is 0. The number of benzene rings is 1. The fourth-order valence-corrected chi connectivity index (χ4v) is 5.64. The van der Waals surface area contributed by atoms with Crippen molar-refractivity contribution in [3.8, 4) is 0 Å². The molecule has 1 unspecified atom stereocenters. The van der Waals surface area contributed by atoms with Gasteiger partial charge in [0.1, 0.15) is 4.90 Å². The lowest BCUT2D eigenvalue weighted by molar-refractivity contribution is -0.143. The minimum atomic E-state index is -3.73. The Bertz CT molecular complexity index is 779. The summed E-state index contributed by atoms with van der Waals surface area (Å²) in [5, 5.41) is 0.467. The average Bonchev–Trinajstić information content (AvgIpc) is 2.63. The summed E-state index contributed by atoms with van der Waals surface area (Å²) in [6.45, 7) is 4.27. The number of rotatable bonds is 3. The molecular formula is C17H22Cl2N2O4S. The highest BCUT2D eigenvalue weighted by atomic mass is 35.5. The van der Waals surface area contributed by atoms with Crippen LogP contribution in [0.4, 0.5) is 0 Å². The van der Waals surface area contributed by atoms with Gasteiger partial charge in [-0.3, -0.25) is 4.79 Å². The molecule has 26 heavy (non-hydrogen) atoms. The summed E-state index contributed by atoms with van der Waals surface area (Å²) in [7, 11) is -3.73. The molecule has 2 saturated heterocycles. The SMILES string of the molecule is CC1CN(C(=O)C2CCN(S(=O)(=O)c3cc(Cl)ccc3Cl)CC2)CCO1. The lowest BCUT2D eigenvalue weighted by atomic mass is 9.96. The number of carbonyl (C=O) groups is 1. The molecule has 0 aromatic heterocycles. The second-order valence-electron chi connectivity index (χ2n) is 6.72. The van der Waals surface area contributed by atoms with Crippen molar-refractivity contribution in [2.75, 3.05) is 32.8 Å². The molecule has 0 aliphatic carbocycles. The summed E-state index contributed by atoms with van der Waals surface area (Å²) in [5.41, 5.74) is 0. The van der Waals surface area contributed by atoms with Crippen LogP contribution in [0.25, 0.3) is 0 Å².